The highest BCUT2D eigenvalue weighted by molar-refractivity contribution is 7.99. The number of benzene rings is 1. The lowest BCUT2D eigenvalue weighted by atomic mass is 10.2. The third-order valence-corrected chi connectivity index (χ3v) is 4.30. The quantitative estimate of drug-likeness (QED) is 0.813. The molecule has 1 aromatic rings. The summed E-state index contributed by atoms with van der Waals surface area (Å²) in [4.78, 5) is 11.6. The number of amides is 1. The average Bonchev–Trinajstić information content (AvgIpc) is 3.20. The van der Waals surface area contributed by atoms with E-state index in [1.54, 1.807) is 11.8 Å². The van der Waals surface area contributed by atoms with Crippen molar-refractivity contribution in [1.29, 1.82) is 0 Å². The molecule has 0 bridgehead atoms. The number of carbonyl (C=O) groups excluding carboxylic acids is 1. The number of thioether (sulfide) groups is 1. The van der Waals surface area contributed by atoms with E-state index < -0.39 is 0 Å². The van der Waals surface area contributed by atoms with Crippen molar-refractivity contribution in [2.24, 2.45) is 5.92 Å². The summed E-state index contributed by atoms with van der Waals surface area (Å²) in [7, 11) is 0. The second kappa shape index (κ2) is 7.17. The zero-order valence-corrected chi connectivity index (χ0v) is 12.2. The van der Waals surface area contributed by atoms with Gasteiger partial charge in [0.2, 0.25) is 5.91 Å². The largest absolute Gasteiger partial charge is 0.391 e. The van der Waals surface area contributed by atoms with Gasteiger partial charge in [-0.25, -0.2) is 0 Å². The van der Waals surface area contributed by atoms with Crippen LogP contribution < -0.4 is 5.32 Å². The van der Waals surface area contributed by atoms with Gasteiger partial charge in [0.1, 0.15) is 0 Å². The van der Waals surface area contributed by atoms with Crippen molar-refractivity contribution in [3.05, 3.63) is 34.9 Å². The highest BCUT2D eigenvalue weighted by atomic mass is 35.5. The molecule has 104 valence electrons. The molecule has 0 aliphatic heterocycles. The van der Waals surface area contributed by atoms with E-state index in [9.17, 15) is 9.90 Å². The molecule has 2 rings (SSSR count). The zero-order valence-electron chi connectivity index (χ0n) is 10.6. The van der Waals surface area contributed by atoms with Crippen molar-refractivity contribution in [2.45, 2.75) is 24.7 Å². The van der Waals surface area contributed by atoms with Crippen molar-refractivity contribution >= 4 is 29.3 Å². The fraction of sp³-hybridized carbons (Fsp3) is 0.500. The molecule has 1 fully saturated rings. The first-order valence-corrected chi connectivity index (χ1v) is 7.95. The Labute approximate surface area is 122 Å². The summed E-state index contributed by atoms with van der Waals surface area (Å²) >= 11 is 7.44. The first-order valence-electron chi connectivity index (χ1n) is 6.42. The van der Waals surface area contributed by atoms with E-state index in [1.165, 1.54) is 0 Å². The topological polar surface area (TPSA) is 49.3 Å². The van der Waals surface area contributed by atoms with Crippen LogP contribution in [0.1, 0.15) is 18.4 Å². The number of rotatable bonds is 7. The Bertz CT molecular complexity index is 437. The average molecular weight is 300 g/mol. The van der Waals surface area contributed by atoms with Gasteiger partial charge in [-0.1, -0.05) is 23.7 Å². The minimum Gasteiger partial charge on any atom is -0.391 e. The monoisotopic (exact) mass is 299 g/mol. The number of hydrogen-bond acceptors (Lipinski definition) is 3. The predicted molar refractivity (Wildman–Crippen MR) is 79.4 cm³/mol. The summed E-state index contributed by atoms with van der Waals surface area (Å²) in [6.07, 6.45) is 1.79. The maximum absolute atomic E-state index is 11.6. The molecule has 1 saturated carbocycles. The minimum absolute atomic E-state index is 0.0215. The van der Waals surface area contributed by atoms with Crippen LogP contribution >= 0.6 is 23.4 Å². The Morgan fingerprint density at radius 1 is 1.53 bits per heavy atom. The molecule has 1 aliphatic carbocycles. The molecule has 1 amide bonds. The number of hydrogen-bond donors (Lipinski definition) is 2. The van der Waals surface area contributed by atoms with Crippen LogP contribution in [-0.2, 0) is 10.5 Å². The maximum Gasteiger partial charge on any atom is 0.230 e. The Kier molecular flexibility index (Phi) is 5.55. The van der Waals surface area contributed by atoms with Gasteiger partial charge in [0.25, 0.3) is 0 Å². The summed E-state index contributed by atoms with van der Waals surface area (Å²) in [6.45, 7) is 0.376. The Morgan fingerprint density at radius 3 is 3.00 bits per heavy atom. The van der Waals surface area contributed by atoms with Crippen LogP contribution in [-0.4, -0.2) is 29.4 Å². The molecule has 19 heavy (non-hydrogen) atoms. The molecule has 1 unspecified atom stereocenters. The van der Waals surface area contributed by atoms with Crippen molar-refractivity contribution in [2.75, 3.05) is 12.3 Å². The third kappa shape index (κ3) is 5.43. The number of nitrogens with one attached hydrogen (secondary N) is 1. The van der Waals surface area contributed by atoms with Crippen molar-refractivity contribution in [3.63, 3.8) is 0 Å². The summed E-state index contributed by atoms with van der Waals surface area (Å²) in [5, 5.41) is 13.1. The molecule has 0 heterocycles. The molecule has 5 heteroatoms. The van der Waals surface area contributed by atoms with Crippen LogP contribution in [0.15, 0.2) is 24.3 Å². The van der Waals surface area contributed by atoms with E-state index in [-0.39, 0.29) is 12.0 Å². The minimum atomic E-state index is -0.373. The fourth-order valence-corrected chi connectivity index (χ4v) is 2.82. The number of carbonyl (C=O) groups is 1. The van der Waals surface area contributed by atoms with E-state index >= 15 is 0 Å². The molecular weight excluding hydrogens is 282 g/mol. The smallest absolute Gasteiger partial charge is 0.230 e. The summed E-state index contributed by atoms with van der Waals surface area (Å²) in [5.41, 5.74) is 1.11. The summed E-state index contributed by atoms with van der Waals surface area (Å²) in [5.74, 6) is 1.55. The molecule has 1 aromatic carbocycles. The van der Waals surface area contributed by atoms with Gasteiger partial charge in [0.15, 0.2) is 0 Å². The Hall–Kier alpha value is -0.710. The van der Waals surface area contributed by atoms with E-state index in [1.807, 2.05) is 24.3 Å². The van der Waals surface area contributed by atoms with Crippen molar-refractivity contribution in [3.8, 4) is 0 Å². The van der Waals surface area contributed by atoms with E-state index in [4.69, 9.17) is 11.6 Å². The Morgan fingerprint density at radius 2 is 2.32 bits per heavy atom. The highest BCUT2D eigenvalue weighted by Gasteiger charge is 2.29. The molecule has 0 aromatic heterocycles. The van der Waals surface area contributed by atoms with Crippen LogP contribution in [0.3, 0.4) is 0 Å². The lowest BCUT2D eigenvalue weighted by Gasteiger charge is -2.10. The predicted octanol–water partition coefficient (Wildman–Crippen LogP) is 2.46. The van der Waals surface area contributed by atoms with Crippen LogP contribution in [0.25, 0.3) is 0 Å². The normalized spacial score (nSPS) is 16.1. The molecule has 2 N–H and O–H groups in total. The van der Waals surface area contributed by atoms with Crippen LogP contribution in [0.2, 0.25) is 5.02 Å². The fourth-order valence-electron chi connectivity index (χ4n) is 1.81. The molecule has 1 aliphatic rings. The standard InChI is InChI=1S/C14H18ClNO2S/c15-12-3-1-2-10(6-12)8-19-9-14(18)16-7-13(17)11-4-5-11/h1-3,6,11,13,17H,4-5,7-9H2,(H,16,18). The highest BCUT2D eigenvalue weighted by Crippen LogP contribution is 2.32. The van der Waals surface area contributed by atoms with Gasteiger partial charge in [-0.15, -0.1) is 11.8 Å². The summed E-state index contributed by atoms with van der Waals surface area (Å²) in [6, 6.07) is 7.64. The molecule has 0 saturated heterocycles. The molecule has 3 nitrogen and oxygen atoms in total. The van der Waals surface area contributed by atoms with E-state index in [0.29, 0.717) is 18.2 Å². The first-order chi connectivity index (χ1) is 9.15. The second-order valence-corrected chi connectivity index (χ2v) is 6.25. The van der Waals surface area contributed by atoms with Crippen LogP contribution in [0, 0.1) is 5.92 Å². The summed E-state index contributed by atoms with van der Waals surface area (Å²) < 4.78 is 0. The van der Waals surface area contributed by atoms with Crippen molar-refractivity contribution in [1.82, 2.24) is 5.32 Å². The SMILES string of the molecule is O=C(CSCc1cccc(Cl)c1)NCC(O)C1CC1. The molecule has 0 spiro atoms. The van der Waals surface area contributed by atoms with Gasteiger partial charge in [0, 0.05) is 17.3 Å². The number of aliphatic hydroxyl groups is 1. The first kappa shape index (κ1) is 14.7. The Balaban J connectivity index is 1.60. The van der Waals surface area contributed by atoms with Gasteiger partial charge in [0.05, 0.1) is 11.9 Å². The van der Waals surface area contributed by atoms with E-state index in [0.717, 1.165) is 29.2 Å². The van der Waals surface area contributed by atoms with Gasteiger partial charge in [-0.2, -0.15) is 0 Å². The van der Waals surface area contributed by atoms with Crippen LogP contribution in [0.4, 0.5) is 0 Å². The molecular formula is C14H18ClNO2S. The van der Waals surface area contributed by atoms with Gasteiger partial charge >= 0.3 is 0 Å². The van der Waals surface area contributed by atoms with Crippen molar-refractivity contribution < 1.29 is 9.90 Å². The van der Waals surface area contributed by atoms with E-state index in [2.05, 4.69) is 5.32 Å². The lowest BCUT2D eigenvalue weighted by molar-refractivity contribution is -0.119. The number of aliphatic hydroxyl groups excluding tert-OH is 1. The lowest BCUT2D eigenvalue weighted by Crippen LogP contribution is -2.34. The maximum atomic E-state index is 11.6. The van der Waals surface area contributed by atoms with Crippen LogP contribution in [0.5, 0.6) is 0 Å². The second-order valence-electron chi connectivity index (χ2n) is 4.83. The molecule has 1 atom stereocenters. The third-order valence-electron chi connectivity index (χ3n) is 3.07. The zero-order chi connectivity index (χ0) is 13.7. The van der Waals surface area contributed by atoms with Gasteiger partial charge in [-0.05, 0) is 36.5 Å². The molecule has 0 radical (unpaired) electrons. The number of halogens is 1. The van der Waals surface area contributed by atoms with Gasteiger partial charge < -0.3 is 10.4 Å². The van der Waals surface area contributed by atoms with Gasteiger partial charge in [-0.3, -0.25) is 4.79 Å².